The summed E-state index contributed by atoms with van der Waals surface area (Å²) in [5.41, 5.74) is 2.00. The Morgan fingerprint density at radius 2 is 1.62 bits per heavy atom. The minimum Gasteiger partial charge on any atom is -0.352 e. The minimum atomic E-state index is -0.363. The van der Waals surface area contributed by atoms with E-state index in [4.69, 9.17) is 0 Å². The maximum Gasteiger partial charge on any atom is 0.224 e. The molecule has 1 amide bonds. The average Bonchev–Trinajstić information content (AvgIpc) is 2.83. The van der Waals surface area contributed by atoms with E-state index < -0.39 is 0 Å². The van der Waals surface area contributed by atoms with Crippen LogP contribution >= 0.6 is 11.8 Å². The van der Waals surface area contributed by atoms with Crippen LogP contribution in [0.25, 0.3) is 10.8 Å². The smallest absolute Gasteiger partial charge is 0.224 e. The second-order valence-electron chi connectivity index (χ2n) is 9.17. The van der Waals surface area contributed by atoms with Gasteiger partial charge in [0.15, 0.2) is 5.78 Å². The van der Waals surface area contributed by atoms with E-state index in [2.05, 4.69) is 42.7 Å². The first kappa shape index (κ1) is 26.0. The zero-order valence-corrected chi connectivity index (χ0v) is 21.2. The summed E-state index contributed by atoms with van der Waals surface area (Å²) >= 11 is 1.68. The highest BCUT2D eigenvalue weighted by Crippen LogP contribution is 2.20. The first-order valence-corrected chi connectivity index (χ1v) is 13.4. The fraction of sp³-hybridized carbons (Fsp3) is 0.379. The SMILES string of the molecule is CSCCC(=O)C(NCC(CC(C)C)NC(=O)Cc1cccc2ccccc12)c1ccccc1. The maximum atomic E-state index is 13.0. The second kappa shape index (κ2) is 13.3. The molecule has 2 atom stereocenters. The molecule has 0 radical (unpaired) electrons. The lowest BCUT2D eigenvalue weighted by atomic mass is 9.98. The molecule has 5 heteroatoms. The quantitative estimate of drug-likeness (QED) is 0.339. The van der Waals surface area contributed by atoms with Crippen LogP contribution in [0.3, 0.4) is 0 Å². The monoisotopic (exact) mass is 476 g/mol. The lowest BCUT2D eigenvalue weighted by Crippen LogP contribution is -2.45. The zero-order valence-electron chi connectivity index (χ0n) is 20.4. The van der Waals surface area contributed by atoms with Gasteiger partial charge in [0.05, 0.1) is 12.5 Å². The molecule has 34 heavy (non-hydrogen) atoms. The van der Waals surface area contributed by atoms with E-state index in [1.54, 1.807) is 11.8 Å². The molecular formula is C29H36N2O2S. The number of hydrogen-bond donors (Lipinski definition) is 2. The highest BCUT2D eigenvalue weighted by atomic mass is 32.2. The molecule has 3 aromatic rings. The van der Waals surface area contributed by atoms with E-state index in [-0.39, 0.29) is 23.8 Å². The van der Waals surface area contributed by atoms with Gasteiger partial charge >= 0.3 is 0 Å². The van der Waals surface area contributed by atoms with Gasteiger partial charge in [-0.25, -0.2) is 0 Å². The summed E-state index contributed by atoms with van der Waals surface area (Å²) in [6, 6.07) is 23.7. The van der Waals surface area contributed by atoms with Gasteiger partial charge in [-0.05, 0) is 46.2 Å². The van der Waals surface area contributed by atoms with Gasteiger partial charge in [0.1, 0.15) is 0 Å². The zero-order chi connectivity index (χ0) is 24.3. The number of ketones is 1. The summed E-state index contributed by atoms with van der Waals surface area (Å²) in [5, 5.41) is 8.96. The van der Waals surface area contributed by atoms with Crippen molar-refractivity contribution in [3.8, 4) is 0 Å². The van der Waals surface area contributed by atoms with Crippen LogP contribution in [-0.2, 0) is 16.0 Å². The van der Waals surface area contributed by atoms with E-state index >= 15 is 0 Å². The number of carbonyl (C=O) groups excluding carboxylic acids is 2. The predicted octanol–water partition coefficient (Wildman–Crippen LogP) is 5.57. The molecule has 0 aliphatic carbocycles. The Kier molecular flexibility index (Phi) is 10.2. The number of carbonyl (C=O) groups is 2. The molecule has 0 fully saturated rings. The molecular weight excluding hydrogens is 440 g/mol. The third kappa shape index (κ3) is 7.71. The number of fused-ring (bicyclic) bond motifs is 1. The predicted molar refractivity (Wildman–Crippen MR) is 144 cm³/mol. The third-order valence-corrected chi connectivity index (χ3v) is 6.54. The second-order valence-corrected chi connectivity index (χ2v) is 10.2. The molecule has 3 rings (SSSR count). The number of hydrogen-bond acceptors (Lipinski definition) is 4. The molecule has 0 aliphatic heterocycles. The van der Waals surface area contributed by atoms with E-state index in [9.17, 15) is 9.59 Å². The lowest BCUT2D eigenvalue weighted by molar-refractivity contribution is -0.121. The van der Waals surface area contributed by atoms with Crippen molar-refractivity contribution in [2.45, 2.75) is 45.2 Å². The minimum absolute atomic E-state index is 0.00812. The van der Waals surface area contributed by atoms with Crippen molar-refractivity contribution in [2.75, 3.05) is 18.6 Å². The van der Waals surface area contributed by atoms with Crippen LogP contribution in [0.15, 0.2) is 72.8 Å². The lowest BCUT2D eigenvalue weighted by Gasteiger charge is -2.25. The Labute approximate surface area is 207 Å². The van der Waals surface area contributed by atoms with E-state index in [0.717, 1.165) is 34.1 Å². The van der Waals surface area contributed by atoms with E-state index in [1.165, 1.54) is 0 Å². The molecule has 0 saturated heterocycles. The van der Waals surface area contributed by atoms with Gasteiger partial charge in [-0.2, -0.15) is 11.8 Å². The molecule has 0 bridgehead atoms. The standard InChI is InChI=1S/C29H36N2O2S/c1-21(2)18-25(20-30-29(27(32)16-17-34-3)23-11-5-4-6-12-23)31-28(33)19-24-14-9-13-22-10-7-8-15-26(22)24/h4-15,21,25,29-30H,16-20H2,1-3H3,(H,31,33). The van der Waals surface area contributed by atoms with Crippen molar-refractivity contribution in [3.63, 3.8) is 0 Å². The number of nitrogens with one attached hydrogen (secondary N) is 2. The van der Waals surface area contributed by atoms with Crippen molar-refractivity contribution in [3.05, 3.63) is 83.9 Å². The number of amides is 1. The highest BCUT2D eigenvalue weighted by Gasteiger charge is 2.22. The molecule has 3 aromatic carbocycles. The summed E-state index contributed by atoms with van der Waals surface area (Å²) in [6.07, 6.45) is 3.72. The molecule has 0 saturated carbocycles. The Morgan fingerprint density at radius 3 is 2.35 bits per heavy atom. The molecule has 2 unspecified atom stereocenters. The van der Waals surface area contributed by atoms with Crippen LogP contribution in [0.1, 0.15) is 43.9 Å². The summed E-state index contributed by atoms with van der Waals surface area (Å²) in [5.74, 6) is 1.42. The summed E-state index contributed by atoms with van der Waals surface area (Å²) < 4.78 is 0. The maximum absolute atomic E-state index is 13.0. The van der Waals surface area contributed by atoms with Crippen LogP contribution in [0.2, 0.25) is 0 Å². The normalized spacial score (nSPS) is 13.1. The fourth-order valence-corrected chi connectivity index (χ4v) is 4.74. The van der Waals surface area contributed by atoms with Crippen molar-refractivity contribution in [1.82, 2.24) is 10.6 Å². The fourth-order valence-electron chi connectivity index (χ4n) is 4.33. The largest absolute Gasteiger partial charge is 0.352 e. The van der Waals surface area contributed by atoms with Crippen molar-refractivity contribution >= 4 is 34.2 Å². The number of Topliss-reactive ketones (excluding diaryl/α,β-unsaturated/α-hetero) is 1. The van der Waals surface area contributed by atoms with Crippen LogP contribution in [0, 0.1) is 5.92 Å². The van der Waals surface area contributed by atoms with Crippen molar-refractivity contribution < 1.29 is 9.59 Å². The Bertz CT molecular complexity index is 1060. The summed E-state index contributed by atoms with van der Waals surface area (Å²) in [6.45, 7) is 4.86. The van der Waals surface area contributed by atoms with Crippen molar-refractivity contribution in [1.29, 1.82) is 0 Å². The topological polar surface area (TPSA) is 58.2 Å². The third-order valence-electron chi connectivity index (χ3n) is 5.93. The Balaban J connectivity index is 1.69. The van der Waals surface area contributed by atoms with Gasteiger partial charge in [0.2, 0.25) is 5.91 Å². The first-order valence-electron chi connectivity index (χ1n) is 12.0. The molecule has 180 valence electrons. The summed E-state index contributed by atoms with van der Waals surface area (Å²) in [7, 11) is 0. The van der Waals surface area contributed by atoms with Gasteiger partial charge < -0.3 is 10.6 Å². The molecule has 4 nitrogen and oxygen atoms in total. The highest BCUT2D eigenvalue weighted by molar-refractivity contribution is 7.98. The molecule has 0 heterocycles. The van der Waals surface area contributed by atoms with Gasteiger partial charge in [0.25, 0.3) is 0 Å². The van der Waals surface area contributed by atoms with Crippen LogP contribution in [0.5, 0.6) is 0 Å². The van der Waals surface area contributed by atoms with Gasteiger partial charge in [0, 0.05) is 19.0 Å². The molecule has 0 aromatic heterocycles. The number of benzene rings is 3. The Morgan fingerprint density at radius 1 is 0.912 bits per heavy atom. The number of thioether (sulfide) groups is 1. The first-order chi connectivity index (χ1) is 16.5. The number of rotatable bonds is 13. The Hall–Kier alpha value is -2.63. The van der Waals surface area contributed by atoms with Gasteiger partial charge in [-0.3, -0.25) is 9.59 Å². The van der Waals surface area contributed by atoms with Crippen molar-refractivity contribution in [2.24, 2.45) is 5.92 Å². The van der Waals surface area contributed by atoms with Crippen LogP contribution in [0.4, 0.5) is 0 Å². The summed E-state index contributed by atoms with van der Waals surface area (Å²) in [4.78, 5) is 26.0. The van der Waals surface area contributed by atoms with Crippen LogP contribution < -0.4 is 10.6 Å². The van der Waals surface area contributed by atoms with E-state index in [1.807, 2.05) is 60.9 Å². The van der Waals surface area contributed by atoms with Gasteiger partial charge in [-0.1, -0.05) is 86.6 Å². The molecule has 0 aliphatic rings. The molecule has 2 N–H and O–H groups in total. The molecule has 0 spiro atoms. The average molecular weight is 477 g/mol. The van der Waals surface area contributed by atoms with E-state index in [0.29, 0.717) is 25.3 Å². The van der Waals surface area contributed by atoms with Crippen LogP contribution in [-0.4, -0.2) is 36.3 Å². The van der Waals surface area contributed by atoms with Gasteiger partial charge in [-0.15, -0.1) is 0 Å².